The van der Waals surface area contributed by atoms with Gasteiger partial charge in [0.25, 0.3) is 0 Å². The zero-order valence-corrected chi connectivity index (χ0v) is 13.4. The van der Waals surface area contributed by atoms with E-state index in [1.165, 1.54) is 0 Å². The second-order valence-corrected chi connectivity index (χ2v) is 7.18. The fourth-order valence-electron chi connectivity index (χ4n) is 3.17. The molecule has 0 spiro atoms. The number of rotatable bonds is 2. The predicted octanol–water partition coefficient (Wildman–Crippen LogP) is 2.67. The van der Waals surface area contributed by atoms with E-state index in [0.29, 0.717) is 12.1 Å². The molecule has 1 saturated heterocycles. The lowest BCUT2D eigenvalue weighted by molar-refractivity contribution is 0.0195. The Kier molecular flexibility index (Phi) is 5.10. The lowest BCUT2D eigenvalue weighted by Crippen LogP contribution is -2.49. The number of hydrogen-bond acceptors (Lipinski definition) is 4. The fourth-order valence-corrected chi connectivity index (χ4v) is 3.17. The van der Waals surface area contributed by atoms with Crippen molar-refractivity contribution in [2.24, 2.45) is 5.92 Å². The maximum atomic E-state index is 12.0. The smallest absolute Gasteiger partial charge is 0.410 e. The summed E-state index contributed by atoms with van der Waals surface area (Å²) in [5, 5.41) is 12.8. The highest BCUT2D eigenvalue weighted by Crippen LogP contribution is 2.26. The van der Waals surface area contributed by atoms with Crippen molar-refractivity contribution < 1.29 is 9.53 Å². The molecular formula is C16H27N3O2. The number of hydrogen-bond donors (Lipinski definition) is 1. The van der Waals surface area contributed by atoms with Gasteiger partial charge in [-0.05, 0) is 46.5 Å². The van der Waals surface area contributed by atoms with Crippen molar-refractivity contribution >= 4 is 6.09 Å². The van der Waals surface area contributed by atoms with Gasteiger partial charge in [0.05, 0.1) is 12.0 Å². The summed E-state index contributed by atoms with van der Waals surface area (Å²) in [7, 11) is 0. The van der Waals surface area contributed by atoms with Crippen LogP contribution in [0, 0.1) is 17.2 Å². The van der Waals surface area contributed by atoms with Crippen LogP contribution in [0.2, 0.25) is 0 Å². The molecule has 1 N–H and O–H groups in total. The quantitative estimate of drug-likeness (QED) is 0.850. The first kappa shape index (κ1) is 16.1. The van der Waals surface area contributed by atoms with Crippen molar-refractivity contribution in [2.45, 2.75) is 70.6 Å². The molecule has 0 aromatic rings. The number of likely N-dealkylation sites (tertiary alicyclic amines) is 1. The molecule has 2 atom stereocenters. The molecule has 1 heterocycles. The lowest BCUT2D eigenvalue weighted by Gasteiger charge is -2.35. The number of amides is 1. The first-order valence-electron chi connectivity index (χ1n) is 8.02. The molecule has 0 radical (unpaired) electrons. The Bertz CT molecular complexity index is 403. The van der Waals surface area contributed by atoms with E-state index in [1.807, 2.05) is 20.8 Å². The maximum Gasteiger partial charge on any atom is 0.410 e. The minimum atomic E-state index is -0.434. The molecule has 1 aliphatic carbocycles. The molecule has 1 aliphatic heterocycles. The molecular weight excluding hydrogens is 266 g/mol. The van der Waals surface area contributed by atoms with Crippen molar-refractivity contribution in [1.29, 1.82) is 5.26 Å². The Balaban J connectivity index is 1.76. The summed E-state index contributed by atoms with van der Waals surface area (Å²) in [4.78, 5) is 13.8. The van der Waals surface area contributed by atoms with Crippen LogP contribution in [-0.4, -0.2) is 41.8 Å². The molecule has 21 heavy (non-hydrogen) atoms. The van der Waals surface area contributed by atoms with E-state index in [1.54, 1.807) is 4.90 Å². The Morgan fingerprint density at radius 3 is 2.48 bits per heavy atom. The molecule has 0 bridgehead atoms. The Morgan fingerprint density at radius 1 is 1.24 bits per heavy atom. The molecule has 2 unspecified atom stereocenters. The van der Waals surface area contributed by atoms with Crippen molar-refractivity contribution in [2.75, 3.05) is 13.1 Å². The van der Waals surface area contributed by atoms with Crippen LogP contribution in [0.25, 0.3) is 0 Å². The molecule has 5 heteroatoms. The Labute approximate surface area is 127 Å². The number of nitrogens with zero attached hydrogens (tertiary/aromatic N) is 2. The second kappa shape index (κ2) is 6.65. The minimum absolute atomic E-state index is 0.161. The average molecular weight is 293 g/mol. The fraction of sp³-hybridized carbons (Fsp3) is 0.875. The average Bonchev–Trinajstić information content (AvgIpc) is 2.85. The second-order valence-electron chi connectivity index (χ2n) is 7.18. The van der Waals surface area contributed by atoms with Gasteiger partial charge >= 0.3 is 6.09 Å². The van der Waals surface area contributed by atoms with Gasteiger partial charge in [-0.3, -0.25) is 0 Å². The molecule has 0 aromatic carbocycles. The highest BCUT2D eigenvalue weighted by atomic mass is 16.6. The van der Waals surface area contributed by atoms with Crippen LogP contribution in [0.5, 0.6) is 0 Å². The van der Waals surface area contributed by atoms with Gasteiger partial charge in [0.15, 0.2) is 0 Å². The van der Waals surface area contributed by atoms with Crippen LogP contribution in [0.4, 0.5) is 4.79 Å². The zero-order chi connectivity index (χ0) is 15.5. The van der Waals surface area contributed by atoms with Crippen molar-refractivity contribution in [3.8, 4) is 6.07 Å². The van der Waals surface area contributed by atoms with Gasteiger partial charge in [-0.25, -0.2) is 4.79 Å². The molecule has 2 aliphatic rings. The SMILES string of the molecule is CC(C)(C)OC(=O)N1CCC(NC2CCCC2C#N)CC1. The highest BCUT2D eigenvalue weighted by Gasteiger charge is 2.31. The molecule has 1 amide bonds. The topological polar surface area (TPSA) is 65.4 Å². The summed E-state index contributed by atoms with van der Waals surface area (Å²) in [5.41, 5.74) is -0.434. The van der Waals surface area contributed by atoms with Crippen LogP contribution in [0.15, 0.2) is 0 Å². The van der Waals surface area contributed by atoms with Crippen LogP contribution in [-0.2, 0) is 4.74 Å². The van der Waals surface area contributed by atoms with E-state index < -0.39 is 5.60 Å². The number of carbonyl (C=O) groups is 1. The molecule has 2 fully saturated rings. The highest BCUT2D eigenvalue weighted by molar-refractivity contribution is 5.68. The molecule has 118 valence electrons. The Hall–Kier alpha value is -1.28. The van der Waals surface area contributed by atoms with Gasteiger partial charge in [0.2, 0.25) is 0 Å². The van der Waals surface area contributed by atoms with Gasteiger partial charge in [-0.2, -0.15) is 5.26 Å². The summed E-state index contributed by atoms with van der Waals surface area (Å²) < 4.78 is 5.40. The lowest BCUT2D eigenvalue weighted by atomic mass is 10.00. The van der Waals surface area contributed by atoms with Gasteiger partial charge in [-0.15, -0.1) is 0 Å². The zero-order valence-electron chi connectivity index (χ0n) is 13.4. The normalized spacial score (nSPS) is 27.4. The third-order valence-electron chi connectivity index (χ3n) is 4.28. The summed E-state index contributed by atoms with van der Waals surface area (Å²) >= 11 is 0. The third kappa shape index (κ3) is 4.60. The van der Waals surface area contributed by atoms with Crippen LogP contribution >= 0.6 is 0 Å². The van der Waals surface area contributed by atoms with E-state index >= 15 is 0 Å². The van der Waals surface area contributed by atoms with Crippen LogP contribution in [0.1, 0.15) is 52.9 Å². The van der Waals surface area contributed by atoms with Crippen LogP contribution < -0.4 is 5.32 Å². The number of piperidine rings is 1. The summed E-state index contributed by atoms with van der Waals surface area (Å²) in [5.74, 6) is 0.161. The van der Waals surface area contributed by atoms with Crippen molar-refractivity contribution in [1.82, 2.24) is 10.2 Å². The standard InChI is InChI=1S/C16H27N3O2/c1-16(2,3)21-15(20)19-9-7-13(8-10-19)18-14-6-4-5-12(14)11-17/h12-14,18H,4-10H2,1-3H3. The summed E-state index contributed by atoms with van der Waals surface area (Å²) in [6.07, 6.45) is 4.93. The van der Waals surface area contributed by atoms with Crippen molar-refractivity contribution in [3.63, 3.8) is 0 Å². The first-order chi connectivity index (χ1) is 9.89. The number of nitriles is 1. The first-order valence-corrected chi connectivity index (χ1v) is 8.02. The van der Waals surface area contributed by atoms with E-state index in [0.717, 1.165) is 45.2 Å². The summed E-state index contributed by atoms with van der Waals surface area (Å²) in [6.45, 7) is 7.14. The maximum absolute atomic E-state index is 12.0. The molecule has 1 saturated carbocycles. The monoisotopic (exact) mass is 293 g/mol. The largest absolute Gasteiger partial charge is 0.444 e. The summed E-state index contributed by atoms with van der Waals surface area (Å²) in [6, 6.07) is 3.17. The van der Waals surface area contributed by atoms with E-state index in [4.69, 9.17) is 10.00 Å². The van der Waals surface area contributed by atoms with Gasteiger partial charge in [0.1, 0.15) is 5.60 Å². The third-order valence-corrected chi connectivity index (χ3v) is 4.28. The number of nitrogens with one attached hydrogen (secondary N) is 1. The van der Waals surface area contributed by atoms with Gasteiger partial charge in [0, 0.05) is 25.2 Å². The molecule has 5 nitrogen and oxygen atoms in total. The Morgan fingerprint density at radius 2 is 1.90 bits per heavy atom. The van der Waals surface area contributed by atoms with E-state index in [9.17, 15) is 4.79 Å². The van der Waals surface area contributed by atoms with Crippen LogP contribution in [0.3, 0.4) is 0 Å². The van der Waals surface area contributed by atoms with Crippen molar-refractivity contribution in [3.05, 3.63) is 0 Å². The molecule has 0 aromatic heterocycles. The van der Waals surface area contributed by atoms with E-state index in [2.05, 4.69) is 11.4 Å². The number of carbonyl (C=O) groups excluding carboxylic acids is 1. The predicted molar refractivity (Wildman–Crippen MR) is 80.7 cm³/mol. The van der Waals surface area contributed by atoms with Gasteiger partial charge in [-0.1, -0.05) is 6.42 Å². The van der Waals surface area contributed by atoms with E-state index in [-0.39, 0.29) is 12.0 Å². The minimum Gasteiger partial charge on any atom is -0.444 e. The number of ether oxygens (including phenoxy) is 1. The van der Waals surface area contributed by atoms with Gasteiger partial charge < -0.3 is 15.0 Å². The molecule has 2 rings (SSSR count).